The van der Waals surface area contributed by atoms with E-state index in [2.05, 4.69) is 16.0 Å². The van der Waals surface area contributed by atoms with E-state index in [-0.39, 0.29) is 17.9 Å². The summed E-state index contributed by atoms with van der Waals surface area (Å²) in [5.74, 6) is -0.907. The van der Waals surface area contributed by atoms with Gasteiger partial charge in [0.1, 0.15) is 0 Å². The van der Waals surface area contributed by atoms with Crippen molar-refractivity contribution in [2.75, 3.05) is 10.6 Å². The first kappa shape index (κ1) is 22.0. The summed E-state index contributed by atoms with van der Waals surface area (Å²) in [4.78, 5) is 38.6. The van der Waals surface area contributed by atoms with E-state index >= 15 is 0 Å². The topological polar surface area (TPSA) is 87.3 Å². The fourth-order valence-electron chi connectivity index (χ4n) is 3.67. The molecule has 3 N–H and O–H groups in total. The van der Waals surface area contributed by atoms with Crippen molar-refractivity contribution in [2.45, 2.75) is 31.7 Å². The zero-order chi connectivity index (χ0) is 22.5. The number of thiophene rings is 1. The molecule has 0 saturated heterocycles. The SMILES string of the molecule is O=C(Nc1ccccc1C(=O)NC1CCCC1)c1ccc(Cl)c(NC(=O)c2cccs2)c1. The van der Waals surface area contributed by atoms with Gasteiger partial charge < -0.3 is 16.0 Å². The molecule has 0 bridgehead atoms. The molecular formula is C24H22ClN3O3S. The van der Waals surface area contributed by atoms with Crippen LogP contribution in [-0.2, 0) is 0 Å². The molecule has 6 nitrogen and oxygen atoms in total. The van der Waals surface area contributed by atoms with Crippen LogP contribution in [0.1, 0.15) is 56.1 Å². The standard InChI is InChI=1S/C24H22ClN3O3S/c25-18-12-11-15(14-20(18)28-24(31)21-10-5-13-32-21)22(29)27-19-9-4-3-8-17(19)23(30)26-16-6-1-2-7-16/h3-5,8-14,16H,1-2,6-7H2,(H,26,30)(H,27,29)(H,28,31). The number of carbonyl (C=O) groups is 3. The highest BCUT2D eigenvalue weighted by atomic mass is 35.5. The normalized spacial score (nSPS) is 13.5. The van der Waals surface area contributed by atoms with Crippen molar-refractivity contribution in [3.63, 3.8) is 0 Å². The lowest BCUT2D eigenvalue weighted by Crippen LogP contribution is -2.33. The smallest absolute Gasteiger partial charge is 0.265 e. The number of hydrogen-bond acceptors (Lipinski definition) is 4. The summed E-state index contributed by atoms with van der Waals surface area (Å²) < 4.78 is 0. The lowest BCUT2D eigenvalue weighted by Gasteiger charge is -2.15. The van der Waals surface area contributed by atoms with Gasteiger partial charge in [-0.3, -0.25) is 14.4 Å². The Morgan fingerprint density at radius 2 is 1.59 bits per heavy atom. The number of hydrogen-bond donors (Lipinski definition) is 3. The number of para-hydroxylation sites is 1. The average Bonchev–Trinajstić information content (AvgIpc) is 3.50. The van der Waals surface area contributed by atoms with E-state index in [1.165, 1.54) is 17.4 Å². The van der Waals surface area contributed by atoms with E-state index in [0.717, 1.165) is 25.7 Å². The van der Waals surface area contributed by atoms with E-state index in [4.69, 9.17) is 11.6 Å². The van der Waals surface area contributed by atoms with E-state index in [1.54, 1.807) is 53.9 Å². The van der Waals surface area contributed by atoms with Crippen molar-refractivity contribution < 1.29 is 14.4 Å². The molecule has 1 aliphatic carbocycles. The van der Waals surface area contributed by atoms with Gasteiger partial charge in [-0.05, 0) is 54.6 Å². The number of benzene rings is 2. The Morgan fingerprint density at radius 1 is 0.844 bits per heavy atom. The Balaban J connectivity index is 1.49. The first-order chi connectivity index (χ1) is 15.5. The molecule has 8 heteroatoms. The molecule has 32 heavy (non-hydrogen) atoms. The molecule has 1 aromatic heterocycles. The van der Waals surface area contributed by atoms with Crippen LogP contribution in [0.15, 0.2) is 60.0 Å². The molecule has 1 aliphatic rings. The van der Waals surface area contributed by atoms with Gasteiger partial charge in [-0.25, -0.2) is 0 Å². The first-order valence-electron chi connectivity index (χ1n) is 10.4. The summed E-state index contributed by atoms with van der Waals surface area (Å²) in [6.07, 6.45) is 4.19. The maximum Gasteiger partial charge on any atom is 0.265 e. The van der Waals surface area contributed by atoms with E-state index in [1.807, 2.05) is 0 Å². The van der Waals surface area contributed by atoms with Gasteiger partial charge >= 0.3 is 0 Å². The van der Waals surface area contributed by atoms with Crippen molar-refractivity contribution in [3.05, 3.63) is 81.0 Å². The Hall–Kier alpha value is -3.16. The van der Waals surface area contributed by atoms with Gasteiger partial charge in [-0.15, -0.1) is 11.3 Å². The van der Waals surface area contributed by atoms with Crippen molar-refractivity contribution in [1.82, 2.24) is 5.32 Å². The molecule has 1 saturated carbocycles. The molecule has 0 atom stereocenters. The van der Waals surface area contributed by atoms with Crippen molar-refractivity contribution in [1.29, 1.82) is 0 Å². The highest BCUT2D eigenvalue weighted by molar-refractivity contribution is 7.12. The van der Waals surface area contributed by atoms with Crippen LogP contribution >= 0.6 is 22.9 Å². The summed E-state index contributed by atoms with van der Waals surface area (Å²) in [6, 6.07) is 15.2. The zero-order valence-electron chi connectivity index (χ0n) is 17.2. The van der Waals surface area contributed by atoms with Gasteiger partial charge in [0.05, 0.1) is 26.8 Å². The van der Waals surface area contributed by atoms with Crippen molar-refractivity contribution in [2.24, 2.45) is 0 Å². The van der Waals surface area contributed by atoms with Gasteiger partial charge in [0.15, 0.2) is 0 Å². The van der Waals surface area contributed by atoms with Crippen LogP contribution in [0.4, 0.5) is 11.4 Å². The van der Waals surface area contributed by atoms with Gasteiger partial charge in [0.25, 0.3) is 17.7 Å². The van der Waals surface area contributed by atoms with Crippen molar-refractivity contribution >= 4 is 52.0 Å². The third-order valence-corrected chi connectivity index (χ3v) is 6.53. The molecule has 3 amide bonds. The largest absolute Gasteiger partial charge is 0.349 e. The van der Waals surface area contributed by atoms with Gasteiger partial charge in [-0.1, -0.05) is 42.6 Å². The highest BCUT2D eigenvalue weighted by Gasteiger charge is 2.20. The van der Waals surface area contributed by atoms with Gasteiger partial charge in [-0.2, -0.15) is 0 Å². The maximum atomic E-state index is 12.9. The Bertz CT molecular complexity index is 1140. The van der Waals surface area contributed by atoms with Crippen LogP contribution in [0.5, 0.6) is 0 Å². The monoisotopic (exact) mass is 467 g/mol. The second-order valence-electron chi connectivity index (χ2n) is 7.58. The summed E-state index contributed by atoms with van der Waals surface area (Å²) >= 11 is 7.53. The van der Waals surface area contributed by atoms with Gasteiger partial charge in [0, 0.05) is 11.6 Å². The Kier molecular flexibility index (Phi) is 6.87. The summed E-state index contributed by atoms with van der Waals surface area (Å²) in [5, 5.41) is 10.7. The number of anilines is 2. The lowest BCUT2D eigenvalue weighted by atomic mass is 10.1. The predicted molar refractivity (Wildman–Crippen MR) is 128 cm³/mol. The quantitative estimate of drug-likeness (QED) is 0.442. The number of nitrogens with one attached hydrogen (secondary N) is 3. The molecule has 0 unspecified atom stereocenters. The van der Waals surface area contributed by atoms with Crippen LogP contribution in [0.2, 0.25) is 5.02 Å². The van der Waals surface area contributed by atoms with E-state index in [0.29, 0.717) is 32.4 Å². The van der Waals surface area contributed by atoms with Crippen LogP contribution in [-0.4, -0.2) is 23.8 Å². The summed E-state index contributed by atoms with van der Waals surface area (Å²) in [6.45, 7) is 0. The first-order valence-corrected chi connectivity index (χ1v) is 11.6. The number of halogens is 1. The molecule has 3 aromatic rings. The molecule has 0 spiro atoms. The Morgan fingerprint density at radius 3 is 2.34 bits per heavy atom. The Labute approximate surface area is 195 Å². The minimum Gasteiger partial charge on any atom is -0.349 e. The highest BCUT2D eigenvalue weighted by Crippen LogP contribution is 2.26. The molecule has 0 aliphatic heterocycles. The third kappa shape index (κ3) is 5.18. The molecule has 164 valence electrons. The van der Waals surface area contributed by atoms with Gasteiger partial charge in [0.2, 0.25) is 0 Å². The molecule has 0 radical (unpaired) electrons. The van der Waals surface area contributed by atoms with E-state index < -0.39 is 5.91 Å². The lowest BCUT2D eigenvalue weighted by molar-refractivity contribution is 0.0938. The predicted octanol–water partition coefficient (Wildman–Crippen LogP) is 5.58. The molecule has 4 rings (SSSR count). The third-order valence-electron chi connectivity index (χ3n) is 5.33. The number of amides is 3. The summed E-state index contributed by atoms with van der Waals surface area (Å²) in [7, 11) is 0. The average molecular weight is 468 g/mol. The fourth-order valence-corrected chi connectivity index (χ4v) is 4.46. The van der Waals surface area contributed by atoms with Crippen LogP contribution in [0, 0.1) is 0 Å². The number of carbonyl (C=O) groups excluding carboxylic acids is 3. The van der Waals surface area contributed by atoms with E-state index in [9.17, 15) is 14.4 Å². The minimum absolute atomic E-state index is 0.178. The molecule has 1 heterocycles. The molecule has 1 fully saturated rings. The fraction of sp³-hybridized carbons (Fsp3) is 0.208. The van der Waals surface area contributed by atoms with Crippen LogP contribution < -0.4 is 16.0 Å². The molecule has 2 aromatic carbocycles. The van der Waals surface area contributed by atoms with Crippen LogP contribution in [0.3, 0.4) is 0 Å². The second kappa shape index (κ2) is 9.97. The maximum absolute atomic E-state index is 12.9. The second-order valence-corrected chi connectivity index (χ2v) is 8.94. The molecular weight excluding hydrogens is 446 g/mol. The summed E-state index contributed by atoms with van der Waals surface area (Å²) in [5.41, 5.74) is 1.48. The minimum atomic E-state index is -0.408. The van der Waals surface area contributed by atoms with Crippen molar-refractivity contribution in [3.8, 4) is 0 Å². The number of rotatable bonds is 6. The van der Waals surface area contributed by atoms with Crippen LogP contribution in [0.25, 0.3) is 0 Å². The zero-order valence-corrected chi connectivity index (χ0v) is 18.8.